The van der Waals surface area contributed by atoms with Crippen molar-refractivity contribution in [2.45, 2.75) is 20.0 Å². The van der Waals surface area contributed by atoms with Crippen LogP contribution in [0.25, 0.3) is 0 Å². The van der Waals surface area contributed by atoms with Crippen LogP contribution in [0.15, 0.2) is 29.4 Å². The Bertz CT molecular complexity index is 455. The van der Waals surface area contributed by atoms with E-state index in [-0.39, 0.29) is 30.1 Å². The number of aromatic nitrogens is 1. The standard InChI is InChI=1S/C15H25N5O.HI/c1-12(2)10-20-7-8-21-13(11-20)9-18-15(16)19-14-5-3-4-6-17-14;/h3-6,12-13H,7-11H2,1-2H3,(H3,16,17,18,19);1H. The Labute approximate surface area is 149 Å². The SMILES string of the molecule is CC(C)CN1CCOC(CN=C(N)Nc2ccccn2)C1.I. The first-order valence-corrected chi connectivity index (χ1v) is 7.45. The molecular weight excluding hydrogens is 393 g/mol. The number of aliphatic imine (C=N–C) groups is 1. The molecule has 0 aromatic carbocycles. The van der Waals surface area contributed by atoms with E-state index in [0.29, 0.717) is 24.2 Å². The lowest BCUT2D eigenvalue weighted by Gasteiger charge is -2.33. The van der Waals surface area contributed by atoms with E-state index in [9.17, 15) is 0 Å². The summed E-state index contributed by atoms with van der Waals surface area (Å²) in [5.41, 5.74) is 5.87. The van der Waals surface area contributed by atoms with Crippen LogP contribution in [0, 0.1) is 5.92 Å². The summed E-state index contributed by atoms with van der Waals surface area (Å²) in [5, 5.41) is 2.97. The second kappa shape index (κ2) is 9.96. The smallest absolute Gasteiger partial charge is 0.194 e. The van der Waals surface area contributed by atoms with Crippen LogP contribution in [0.3, 0.4) is 0 Å². The molecule has 1 aliphatic heterocycles. The minimum Gasteiger partial charge on any atom is -0.374 e. The molecule has 124 valence electrons. The Morgan fingerprint density at radius 2 is 2.36 bits per heavy atom. The maximum Gasteiger partial charge on any atom is 0.194 e. The number of rotatable bonds is 5. The van der Waals surface area contributed by atoms with Crippen molar-refractivity contribution in [1.82, 2.24) is 9.88 Å². The molecule has 0 saturated carbocycles. The highest BCUT2D eigenvalue weighted by Gasteiger charge is 2.20. The summed E-state index contributed by atoms with van der Waals surface area (Å²) in [6.45, 7) is 8.82. The van der Waals surface area contributed by atoms with Gasteiger partial charge in [0.05, 0.1) is 19.3 Å². The highest BCUT2D eigenvalue weighted by molar-refractivity contribution is 14.0. The van der Waals surface area contributed by atoms with Gasteiger partial charge in [-0.1, -0.05) is 19.9 Å². The predicted molar refractivity (Wildman–Crippen MR) is 101 cm³/mol. The Morgan fingerprint density at radius 3 is 3.05 bits per heavy atom. The molecule has 0 amide bonds. The number of anilines is 1. The third-order valence-corrected chi connectivity index (χ3v) is 3.23. The second-order valence-electron chi connectivity index (χ2n) is 5.71. The van der Waals surface area contributed by atoms with E-state index in [2.05, 4.69) is 34.0 Å². The van der Waals surface area contributed by atoms with Crippen molar-refractivity contribution in [3.05, 3.63) is 24.4 Å². The quantitative estimate of drug-likeness (QED) is 0.433. The molecule has 1 atom stereocenters. The van der Waals surface area contributed by atoms with E-state index in [1.807, 2.05) is 18.2 Å². The molecule has 1 aliphatic rings. The molecule has 0 spiro atoms. The van der Waals surface area contributed by atoms with Gasteiger partial charge in [0.25, 0.3) is 0 Å². The zero-order valence-corrected chi connectivity index (χ0v) is 15.6. The maximum absolute atomic E-state index is 5.87. The number of pyridine rings is 1. The van der Waals surface area contributed by atoms with Crippen LogP contribution in [0.5, 0.6) is 0 Å². The van der Waals surface area contributed by atoms with Crippen molar-refractivity contribution < 1.29 is 4.74 Å². The van der Waals surface area contributed by atoms with Gasteiger partial charge in [0, 0.05) is 25.8 Å². The Morgan fingerprint density at radius 1 is 1.55 bits per heavy atom. The van der Waals surface area contributed by atoms with E-state index >= 15 is 0 Å². The van der Waals surface area contributed by atoms with Crippen LogP contribution in [-0.4, -0.2) is 54.7 Å². The highest BCUT2D eigenvalue weighted by atomic mass is 127. The molecule has 1 saturated heterocycles. The van der Waals surface area contributed by atoms with E-state index in [4.69, 9.17) is 10.5 Å². The van der Waals surface area contributed by atoms with E-state index < -0.39 is 0 Å². The largest absolute Gasteiger partial charge is 0.374 e. The Kier molecular flexibility index (Phi) is 8.66. The summed E-state index contributed by atoms with van der Waals surface area (Å²) in [5.74, 6) is 1.74. The van der Waals surface area contributed by atoms with Crippen LogP contribution < -0.4 is 11.1 Å². The number of nitrogens with one attached hydrogen (secondary N) is 1. The van der Waals surface area contributed by atoms with E-state index in [1.54, 1.807) is 6.20 Å². The van der Waals surface area contributed by atoms with Crippen LogP contribution in [0.4, 0.5) is 5.82 Å². The normalized spacial score (nSPS) is 19.8. The summed E-state index contributed by atoms with van der Waals surface area (Å²) >= 11 is 0. The van der Waals surface area contributed by atoms with Crippen molar-refractivity contribution in [2.24, 2.45) is 16.6 Å². The summed E-state index contributed by atoms with van der Waals surface area (Å²) in [6.07, 6.45) is 1.82. The van der Waals surface area contributed by atoms with Gasteiger partial charge in [-0.15, -0.1) is 24.0 Å². The molecule has 0 aliphatic carbocycles. The van der Waals surface area contributed by atoms with Crippen LogP contribution >= 0.6 is 24.0 Å². The first kappa shape index (κ1) is 19.1. The Balaban J connectivity index is 0.00000242. The topological polar surface area (TPSA) is 75.8 Å². The van der Waals surface area contributed by atoms with Crippen molar-refractivity contribution in [3.63, 3.8) is 0 Å². The van der Waals surface area contributed by atoms with Crippen molar-refractivity contribution in [1.29, 1.82) is 0 Å². The van der Waals surface area contributed by atoms with Gasteiger partial charge in [0.1, 0.15) is 5.82 Å². The van der Waals surface area contributed by atoms with Crippen LogP contribution in [0.2, 0.25) is 0 Å². The fourth-order valence-corrected chi connectivity index (χ4v) is 2.38. The molecular formula is C15H26IN5O. The minimum absolute atomic E-state index is 0. The molecule has 6 nitrogen and oxygen atoms in total. The minimum atomic E-state index is 0. The third kappa shape index (κ3) is 6.89. The van der Waals surface area contributed by atoms with Gasteiger partial charge in [-0.2, -0.15) is 0 Å². The number of hydrogen-bond donors (Lipinski definition) is 2. The van der Waals surface area contributed by atoms with E-state index in [0.717, 1.165) is 26.2 Å². The lowest BCUT2D eigenvalue weighted by atomic mass is 10.2. The number of hydrogen-bond acceptors (Lipinski definition) is 4. The first-order chi connectivity index (χ1) is 10.1. The molecule has 1 aromatic rings. The number of morpholine rings is 1. The molecule has 2 heterocycles. The third-order valence-electron chi connectivity index (χ3n) is 3.23. The first-order valence-electron chi connectivity index (χ1n) is 7.45. The predicted octanol–water partition coefficient (Wildman–Crippen LogP) is 1.78. The van der Waals surface area contributed by atoms with Crippen molar-refractivity contribution >= 4 is 35.8 Å². The van der Waals surface area contributed by atoms with Gasteiger partial charge in [0.2, 0.25) is 0 Å². The number of ether oxygens (including phenoxy) is 1. The van der Waals surface area contributed by atoms with Gasteiger partial charge in [-0.3, -0.25) is 9.89 Å². The van der Waals surface area contributed by atoms with Crippen molar-refractivity contribution in [3.8, 4) is 0 Å². The van der Waals surface area contributed by atoms with Crippen molar-refractivity contribution in [2.75, 3.05) is 38.1 Å². The number of halogens is 1. The summed E-state index contributed by atoms with van der Waals surface area (Å²) in [6, 6.07) is 5.61. The highest BCUT2D eigenvalue weighted by Crippen LogP contribution is 2.08. The Hall–Kier alpha value is -0.930. The molecule has 1 unspecified atom stereocenters. The average Bonchev–Trinajstić information content (AvgIpc) is 2.46. The summed E-state index contributed by atoms with van der Waals surface area (Å²) < 4.78 is 5.74. The van der Waals surface area contributed by atoms with Gasteiger partial charge < -0.3 is 15.8 Å². The zero-order valence-electron chi connectivity index (χ0n) is 13.2. The molecule has 22 heavy (non-hydrogen) atoms. The number of nitrogens with zero attached hydrogens (tertiary/aromatic N) is 3. The monoisotopic (exact) mass is 419 g/mol. The lowest BCUT2D eigenvalue weighted by Crippen LogP contribution is -2.45. The zero-order chi connectivity index (χ0) is 15.1. The van der Waals surface area contributed by atoms with Crippen LogP contribution in [0.1, 0.15) is 13.8 Å². The fraction of sp³-hybridized carbons (Fsp3) is 0.600. The molecule has 2 rings (SSSR count). The van der Waals surface area contributed by atoms with E-state index in [1.165, 1.54) is 0 Å². The molecule has 1 fully saturated rings. The number of guanidine groups is 1. The van der Waals surface area contributed by atoms with Gasteiger partial charge >= 0.3 is 0 Å². The average molecular weight is 419 g/mol. The molecule has 0 radical (unpaired) electrons. The lowest BCUT2D eigenvalue weighted by molar-refractivity contribution is -0.0261. The van der Waals surface area contributed by atoms with Gasteiger partial charge in [0.15, 0.2) is 5.96 Å². The molecule has 1 aromatic heterocycles. The fourth-order valence-electron chi connectivity index (χ4n) is 2.38. The van der Waals surface area contributed by atoms with Gasteiger partial charge in [-0.05, 0) is 18.1 Å². The van der Waals surface area contributed by atoms with Crippen LogP contribution in [-0.2, 0) is 4.74 Å². The summed E-state index contributed by atoms with van der Waals surface area (Å²) in [4.78, 5) is 10.9. The summed E-state index contributed by atoms with van der Waals surface area (Å²) in [7, 11) is 0. The number of nitrogens with two attached hydrogens (primary N) is 1. The molecule has 7 heteroatoms. The maximum atomic E-state index is 5.87. The second-order valence-corrected chi connectivity index (χ2v) is 5.71. The molecule has 3 N–H and O–H groups in total. The molecule has 0 bridgehead atoms. The van der Waals surface area contributed by atoms with Gasteiger partial charge in [-0.25, -0.2) is 4.98 Å².